The lowest BCUT2D eigenvalue weighted by Gasteiger charge is -2.34. The van der Waals surface area contributed by atoms with Crippen molar-refractivity contribution in [3.63, 3.8) is 0 Å². The predicted molar refractivity (Wildman–Crippen MR) is 142 cm³/mol. The Morgan fingerprint density at radius 1 is 0.889 bits per heavy atom. The van der Waals surface area contributed by atoms with Crippen LogP contribution in [0.4, 0.5) is 5.69 Å². The van der Waals surface area contributed by atoms with E-state index in [1.165, 1.54) is 16.9 Å². The summed E-state index contributed by atoms with van der Waals surface area (Å²) >= 11 is 0. The van der Waals surface area contributed by atoms with Crippen LogP contribution in [0.15, 0.2) is 95.9 Å². The zero-order valence-electron chi connectivity index (χ0n) is 20.4. The summed E-state index contributed by atoms with van der Waals surface area (Å²) in [4.78, 5) is 17.0. The summed E-state index contributed by atoms with van der Waals surface area (Å²) in [6.45, 7) is 3.79. The molecule has 3 aromatic carbocycles. The molecule has 0 saturated carbocycles. The Balaban J connectivity index is 1.22. The van der Waals surface area contributed by atoms with Crippen LogP contribution in [-0.2, 0) is 14.8 Å². The number of piperazine rings is 1. The lowest BCUT2D eigenvalue weighted by molar-refractivity contribution is -0.135. The van der Waals surface area contributed by atoms with Gasteiger partial charge in [-0.3, -0.25) is 14.0 Å². The minimum Gasteiger partial charge on any atom is -0.484 e. The minimum atomic E-state index is -3.65. The molecular formula is C28H31N3O4S. The molecule has 1 saturated heterocycles. The van der Waals surface area contributed by atoms with Gasteiger partial charge in [-0.25, -0.2) is 8.42 Å². The van der Waals surface area contributed by atoms with Crippen molar-refractivity contribution in [3.05, 3.63) is 96.6 Å². The molecule has 0 N–H and O–H groups in total. The van der Waals surface area contributed by atoms with Gasteiger partial charge >= 0.3 is 0 Å². The minimum absolute atomic E-state index is 0.0502. The molecule has 0 unspecified atom stereocenters. The van der Waals surface area contributed by atoms with Gasteiger partial charge in [0.05, 0.1) is 10.6 Å². The number of carbonyl (C=O) groups is 1. The number of carbonyl (C=O) groups excluding carboxylic acids is 1. The molecule has 1 aliphatic rings. The number of ether oxygens (including phenoxy) is 1. The molecular weight excluding hydrogens is 474 g/mol. The van der Waals surface area contributed by atoms with Crippen LogP contribution < -0.4 is 9.04 Å². The van der Waals surface area contributed by atoms with Crippen LogP contribution in [0.3, 0.4) is 0 Å². The first-order valence-corrected chi connectivity index (χ1v) is 13.4. The smallest absolute Gasteiger partial charge is 0.264 e. The van der Waals surface area contributed by atoms with Gasteiger partial charge in [-0.2, -0.15) is 0 Å². The van der Waals surface area contributed by atoms with E-state index in [0.717, 1.165) is 19.6 Å². The van der Waals surface area contributed by atoms with Crippen molar-refractivity contribution in [3.8, 4) is 5.75 Å². The van der Waals surface area contributed by atoms with Crippen LogP contribution in [0.2, 0.25) is 0 Å². The first-order valence-electron chi connectivity index (χ1n) is 11.9. The summed E-state index contributed by atoms with van der Waals surface area (Å²) in [5.41, 5.74) is 1.69. The quantitative estimate of drug-likeness (QED) is 0.443. The maximum atomic E-state index is 12.8. The summed E-state index contributed by atoms with van der Waals surface area (Å²) in [7, 11) is -2.13. The molecule has 188 valence electrons. The molecule has 0 aromatic heterocycles. The number of hydrogen-bond acceptors (Lipinski definition) is 5. The largest absolute Gasteiger partial charge is 0.484 e. The second-order valence-electron chi connectivity index (χ2n) is 8.56. The van der Waals surface area contributed by atoms with E-state index in [1.54, 1.807) is 54.6 Å². The van der Waals surface area contributed by atoms with Gasteiger partial charge < -0.3 is 9.64 Å². The van der Waals surface area contributed by atoms with Crippen LogP contribution in [0.1, 0.15) is 5.56 Å². The number of nitrogens with zero attached hydrogens (tertiary/aromatic N) is 3. The molecule has 4 rings (SSSR count). The van der Waals surface area contributed by atoms with E-state index in [4.69, 9.17) is 4.74 Å². The topological polar surface area (TPSA) is 70.2 Å². The van der Waals surface area contributed by atoms with Gasteiger partial charge in [0, 0.05) is 39.8 Å². The normalized spacial score (nSPS) is 14.6. The fraction of sp³-hybridized carbons (Fsp3) is 0.250. The van der Waals surface area contributed by atoms with E-state index in [-0.39, 0.29) is 17.4 Å². The maximum Gasteiger partial charge on any atom is 0.264 e. The molecule has 7 nitrogen and oxygen atoms in total. The molecule has 0 aliphatic carbocycles. The fourth-order valence-electron chi connectivity index (χ4n) is 3.96. The number of amides is 1. The predicted octanol–water partition coefficient (Wildman–Crippen LogP) is 3.75. The molecule has 1 heterocycles. The third-order valence-electron chi connectivity index (χ3n) is 6.16. The second-order valence-corrected chi connectivity index (χ2v) is 10.5. The molecule has 0 bridgehead atoms. The van der Waals surface area contributed by atoms with Crippen molar-refractivity contribution in [2.75, 3.05) is 50.7 Å². The first kappa shape index (κ1) is 25.5. The highest BCUT2D eigenvalue weighted by Crippen LogP contribution is 2.24. The van der Waals surface area contributed by atoms with E-state index in [0.29, 0.717) is 24.5 Å². The molecule has 1 fully saturated rings. The molecule has 0 spiro atoms. The van der Waals surface area contributed by atoms with Gasteiger partial charge in [0.15, 0.2) is 6.61 Å². The lowest BCUT2D eigenvalue weighted by Crippen LogP contribution is -2.49. The first-order chi connectivity index (χ1) is 17.4. The van der Waals surface area contributed by atoms with E-state index in [2.05, 4.69) is 29.2 Å². The number of hydrogen-bond donors (Lipinski definition) is 0. The van der Waals surface area contributed by atoms with Crippen LogP contribution >= 0.6 is 0 Å². The van der Waals surface area contributed by atoms with E-state index >= 15 is 0 Å². The Morgan fingerprint density at radius 2 is 1.50 bits per heavy atom. The highest BCUT2D eigenvalue weighted by molar-refractivity contribution is 7.92. The lowest BCUT2D eigenvalue weighted by atomic mass is 10.2. The zero-order valence-corrected chi connectivity index (χ0v) is 21.2. The monoisotopic (exact) mass is 505 g/mol. The van der Waals surface area contributed by atoms with Gasteiger partial charge in [-0.15, -0.1) is 0 Å². The third kappa shape index (κ3) is 6.53. The van der Waals surface area contributed by atoms with Crippen molar-refractivity contribution in [1.29, 1.82) is 0 Å². The van der Waals surface area contributed by atoms with Crippen molar-refractivity contribution in [2.45, 2.75) is 4.90 Å². The molecule has 1 amide bonds. The maximum absolute atomic E-state index is 12.8. The van der Waals surface area contributed by atoms with Crippen LogP contribution in [0, 0.1) is 0 Å². The van der Waals surface area contributed by atoms with Crippen molar-refractivity contribution in [1.82, 2.24) is 9.80 Å². The summed E-state index contributed by atoms with van der Waals surface area (Å²) in [5, 5.41) is 0. The number of anilines is 1. The molecule has 1 aliphatic heterocycles. The van der Waals surface area contributed by atoms with Crippen LogP contribution in [-0.4, -0.2) is 70.5 Å². The third-order valence-corrected chi connectivity index (χ3v) is 7.96. The summed E-state index contributed by atoms with van der Waals surface area (Å²) in [5.74, 6) is 0.463. The Bertz CT molecular complexity index is 1260. The Morgan fingerprint density at radius 3 is 2.14 bits per heavy atom. The summed E-state index contributed by atoms with van der Waals surface area (Å²) in [6.07, 6.45) is 4.27. The Hall–Kier alpha value is -3.62. The molecule has 8 heteroatoms. The molecule has 0 atom stereocenters. The highest BCUT2D eigenvalue weighted by Gasteiger charge is 2.22. The highest BCUT2D eigenvalue weighted by atomic mass is 32.2. The fourth-order valence-corrected chi connectivity index (χ4v) is 5.18. The van der Waals surface area contributed by atoms with Crippen molar-refractivity contribution < 1.29 is 17.9 Å². The number of rotatable bonds is 9. The Kier molecular flexibility index (Phi) is 8.40. The van der Waals surface area contributed by atoms with Gasteiger partial charge in [0.25, 0.3) is 15.9 Å². The standard InChI is InChI=1S/C28H31N3O4S/c1-29(36(33,34)27-12-6-3-7-13-27)25-14-16-26(17-15-25)35-23-28(32)31-21-19-30(20-22-31)18-8-11-24-9-4-2-5-10-24/h2-17H,18-23H2,1H3/b11-8+. The summed E-state index contributed by atoms with van der Waals surface area (Å²) in [6, 6.07) is 25.2. The number of sulfonamides is 1. The number of benzene rings is 3. The van der Waals surface area contributed by atoms with Gasteiger partial charge in [0.1, 0.15) is 5.75 Å². The zero-order chi connectivity index (χ0) is 25.4. The molecule has 3 aromatic rings. The van der Waals surface area contributed by atoms with Crippen molar-refractivity contribution in [2.24, 2.45) is 0 Å². The van der Waals surface area contributed by atoms with Gasteiger partial charge in [-0.1, -0.05) is 60.7 Å². The molecule has 36 heavy (non-hydrogen) atoms. The van der Waals surface area contributed by atoms with Gasteiger partial charge in [-0.05, 0) is 42.0 Å². The average Bonchev–Trinajstić information content (AvgIpc) is 2.93. The summed E-state index contributed by atoms with van der Waals surface area (Å²) < 4.78 is 32.5. The average molecular weight is 506 g/mol. The molecule has 0 radical (unpaired) electrons. The second kappa shape index (κ2) is 11.9. The van der Waals surface area contributed by atoms with Gasteiger partial charge in [0.2, 0.25) is 0 Å². The van der Waals surface area contributed by atoms with E-state index in [9.17, 15) is 13.2 Å². The van der Waals surface area contributed by atoms with Crippen molar-refractivity contribution >= 4 is 27.7 Å². The van der Waals surface area contributed by atoms with E-state index < -0.39 is 10.0 Å². The van der Waals surface area contributed by atoms with E-state index in [1.807, 2.05) is 23.1 Å². The SMILES string of the molecule is CN(c1ccc(OCC(=O)N2CCN(C/C=C/c3ccccc3)CC2)cc1)S(=O)(=O)c1ccccc1. The van der Waals surface area contributed by atoms with Crippen LogP contribution in [0.25, 0.3) is 6.08 Å². The Labute approximate surface area is 213 Å². The van der Waals surface area contributed by atoms with Crippen LogP contribution in [0.5, 0.6) is 5.75 Å².